The number of anilines is 2. The van der Waals surface area contributed by atoms with E-state index in [-0.39, 0.29) is 17.9 Å². The average Bonchev–Trinajstić information content (AvgIpc) is 3.09. The number of benzene rings is 3. The van der Waals surface area contributed by atoms with Gasteiger partial charge in [-0.2, -0.15) is 0 Å². The number of hydrogen-bond acceptors (Lipinski definition) is 3. The summed E-state index contributed by atoms with van der Waals surface area (Å²) in [5.41, 5.74) is 3.66. The molecule has 0 radical (unpaired) electrons. The predicted octanol–water partition coefficient (Wildman–Crippen LogP) is 4.54. The third-order valence-corrected chi connectivity index (χ3v) is 5.13. The Balaban J connectivity index is 1.57. The fraction of sp³-hybridized carbons (Fsp3) is 0.167. The average molecular weight is 386 g/mol. The van der Waals surface area contributed by atoms with Crippen molar-refractivity contribution in [2.75, 3.05) is 17.3 Å². The molecule has 5 heteroatoms. The lowest BCUT2D eigenvalue weighted by molar-refractivity contribution is 0.0981. The van der Waals surface area contributed by atoms with E-state index in [4.69, 9.17) is 4.74 Å². The highest BCUT2D eigenvalue weighted by atomic mass is 16.5. The number of hydrogen-bond donors (Lipinski definition) is 1. The summed E-state index contributed by atoms with van der Waals surface area (Å²) in [5, 5.41) is 2.85. The maximum atomic E-state index is 13.2. The third-order valence-electron chi connectivity index (χ3n) is 5.13. The number of nitrogens with one attached hydrogen (secondary N) is 1. The molecule has 5 nitrogen and oxygen atoms in total. The summed E-state index contributed by atoms with van der Waals surface area (Å²) in [5.74, 6) is 0.287. The van der Waals surface area contributed by atoms with Crippen molar-refractivity contribution in [3.05, 3.63) is 89.5 Å². The van der Waals surface area contributed by atoms with Gasteiger partial charge in [-0.1, -0.05) is 30.3 Å². The first kappa shape index (κ1) is 18.7. The summed E-state index contributed by atoms with van der Waals surface area (Å²) in [7, 11) is 1.58. The van der Waals surface area contributed by atoms with Gasteiger partial charge in [-0.3, -0.25) is 9.59 Å². The molecule has 146 valence electrons. The van der Waals surface area contributed by atoms with Crippen LogP contribution in [0.2, 0.25) is 0 Å². The van der Waals surface area contributed by atoms with E-state index in [1.807, 2.05) is 36.1 Å². The van der Waals surface area contributed by atoms with Gasteiger partial charge >= 0.3 is 0 Å². The minimum atomic E-state index is -0.275. The van der Waals surface area contributed by atoms with Crippen molar-refractivity contribution in [1.82, 2.24) is 0 Å². The Labute approximate surface area is 169 Å². The normalized spacial score (nSPS) is 15.0. The number of rotatable bonds is 4. The van der Waals surface area contributed by atoms with Crippen LogP contribution in [0.4, 0.5) is 11.4 Å². The molecule has 0 aromatic heterocycles. The predicted molar refractivity (Wildman–Crippen MR) is 114 cm³/mol. The van der Waals surface area contributed by atoms with Crippen molar-refractivity contribution >= 4 is 23.2 Å². The van der Waals surface area contributed by atoms with Gasteiger partial charge in [0.1, 0.15) is 5.75 Å². The minimum Gasteiger partial charge on any atom is -0.497 e. The molecule has 1 atom stereocenters. The molecule has 29 heavy (non-hydrogen) atoms. The smallest absolute Gasteiger partial charge is 0.258 e. The maximum Gasteiger partial charge on any atom is 0.258 e. The van der Waals surface area contributed by atoms with Crippen molar-refractivity contribution in [3.63, 3.8) is 0 Å². The van der Waals surface area contributed by atoms with Crippen LogP contribution < -0.4 is 15.0 Å². The molecular weight excluding hydrogens is 364 g/mol. The van der Waals surface area contributed by atoms with Crippen LogP contribution in [-0.2, 0) is 6.42 Å². The van der Waals surface area contributed by atoms with Gasteiger partial charge in [0.2, 0.25) is 0 Å². The zero-order valence-electron chi connectivity index (χ0n) is 16.4. The first-order valence-electron chi connectivity index (χ1n) is 9.54. The van der Waals surface area contributed by atoms with Crippen LogP contribution in [0.3, 0.4) is 0 Å². The number of fused-ring (bicyclic) bond motifs is 1. The fourth-order valence-corrected chi connectivity index (χ4v) is 3.71. The molecule has 4 rings (SSSR count). The Kier molecular flexibility index (Phi) is 5.04. The van der Waals surface area contributed by atoms with E-state index in [1.165, 1.54) is 5.56 Å². The van der Waals surface area contributed by atoms with E-state index < -0.39 is 0 Å². The summed E-state index contributed by atoms with van der Waals surface area (Å²) in [4.78, 5) is 27.7. The lowest BCUT2D eigenvalue weighted by Gasteiger charge is -2.23. The lowest BCUT2D eigenvalue weighted by Crippen LogP contribution is -2.35. The van der Waals surface area contributed by atoms with Gasteiger partial charge in [0.25, 0.3) is 11.8 Å². The summed E-state index contributed by atoms with van der Waals surface area (Å²) >= 11 is 0. The molecular formula is C24H22N2O3. The quantitative estimate of drug-likeness (QED) is 0.716. The third kappa shape index (κ3) is 3.72. The minimum absolute atomic E-state index is 0.0779. The summed E-state index contributed by atoms with van der Waals surface area (Å²) in [6.45, 7) is 2.04. The number of nitrogens with zero attached hydrogens (tertiary/aromatic N) is 1. The molecule has 1 heterocycles. The number of carbonyl (C=O) groups excluding carboxylic acids is 2. The first-order valence-corrected chi connectivity index (χ1v) is 9.54. The Morgan fingerprint density at radius 3 is 2.55 bits per heavy atom. The van der Waals surface area contributed by atoms with Crippen LogP contribution in [-0.4, -0.2) is 25.0 Å². The van der Waals surface area contributed by atoms with Crippen molar-refractivity contribution in [1.29, 1.82) is 0 Å². The van der Waals surface area contributed by atoms with Gasteiger partial charge in [-0.25, -0.2) is 0 Å². The summed E-state index contributed by atoms with van der Waals surface area (Å²) in [6.07, 6.45) is 0.831. The Morgan fingerprint density at radius 2 is 1.72 bits per heavy atom. The molecule has 2 amide bonds. The number of ether oxygens (including phenoxy) is 1. The van der Waals surface area contributed by atoms with Gasteiger partial charge < -0.3 is 15.0 Å². The maximum absolute atomic E-state index is 13.2. The van der Waals surface area contributed by atoms with Crippen LogP contribution in [0.15, 0.2) is 72.8 Å². The second kappa shape index (κ2) is 7.80. The van der Waals surface area contributed by atoms with Crippen molar-refractivity contribution < 1.29 is 14.3 Å². The summed E-state index contributed by atoms with van der Waals surface area (Å²) in [6, 6.07) is 22.0. The van der Waals surface area contributed by atoms with Crippen molar-refractivity contribution in [2.24, 2.45) is 0 Å². The topological polar surface area (TPSA) is 58.6 Å². The Hall–Kier alpha value is -3.60. The molecule has 3 aromatic carbocycles. The lowest BCUT2D eigenvalue weighted by atomic mass is 10.1. The molecule has 3 aromatic rings. The first-order chi connectivity index (χ1) is 14.1. The van der Waals surface area contributed by atoms with E-state index in [0.717, 1.165) is 12.1 Å². The van der Waals surface area contributed by atoms with E-state index in [0.29, 0.717) is 22.6 Å². The largest absolute Gasteiger partial charge is 0.497 e. The Bertz CT molecular complexity index is 1080. The number of amides is 2. The number of methoxy groups -OCH3 is 1. The molecule has 1 aliphatic heterocycles. The highest BCUT2D eigenvalue weighted by Gasteiger charge is 2.31. The zero-order chi connectivity index (χ0) is 20.4. The van der Waals surface area contributed by atoms with Crippen LogP contribution in [0.25, 0.3) is 0 Å². The number of para-hydroxylation sites is 1. The van der Waals surface area contributed by atoms with Gasteiger partial charge in [0, 0.05) is 34.6 Å². The molecule has 0 aliphatic carbocycles. The van der Waals surface area contributed by atoms with Gasteiger partial charge in [-0.05, 0) is 55.3 Å². The van der Waals surface area contributed by atoms with Crippen LogP contribution in [0.1, 0.15) is 33.2 Å². The molecule has 1 N–H and O–H groups in total. The monoisotopic (exact) mass is 386 g/mol. The number of carbonyl (C=O) groups is 2. The zero-order valence-corrected chi connectivity index (χ0v) is 16.4. The van der Waals surface area contributed by atoms with Crippen molar-refractivity contribution in [2.45, 2.75) is 19.4 Å². The van der Waals surface area contributed by atoms with Gasteiger partial charge in [0.15, 0.2) is 0 Å². The standard InChI is InChI=1S/C24H22N2O3/c1-16-13-17-7-3-4-12-22(17)26(16)24(28)19-9-5-8-18(14-19)23(27)25-20-10-6-11-21(15-20)29-2/h3-12,14-16H,13H2,1-2H3,(H,25,27). The Morgan fingerprint density at radius 1 is 0.966 bits per heavy atom. The SMILES string of the molecule is COc1cccc(NC(=O)c2cccc(C(=O)N3c4ccccc4CC3C)c2)c1. The second-order valence-electron chi connectivity index (χ2n) is 7.12. The molecule has 0 bridgehead atoms. The van der Waals surface area contributed by atoms with E-state index in [2.05, 4.69) is 11.4 Å². The van der Waals surface area contributed by atoms with E-state index in [9.17, 15) is 9.59 Å². The molecule has 0 fully saturated rings. The second-order valence-corrected chi connectivity index (χ2v) is 7.12. The molecule has 1 aliphatic rings. The molecule has 0 spiro atoms. The fourth-order valence-electron chi connectivity index (χ4n) is 3.71. The molecule has 0 saturated carbocycles. The van der Waals surface area contributed by atoms with Crippen LogP contribution in [0.5, 0.6) is 5.75 Å². The molecule has 1 unspecified atom stereocenters. The highest BCUT2D eigenvalue weighted by molar-refractivity contribution is 6.10. The van der Waals surface area contributed by atoms with E-state index >= 15 is 0 Å². The molecule has 0 saturated heterocycles. The van der Waals surface area contributed by atoms with E-state index in [1.54, 1.807) is 49.6 Å². The summed E-state index contributed by atoms with van der Waals surface area (Å²) < 4.78 is 5.19. The van der Waals surface area contributed by atoms with Gasteiger partial charge in [-0.15, -0.1) is 0 Å². The van der Waals surface area contributed by atoms with Crippen LogP contribution >= 0.6 is 0 Å². The highest BCUT2D eigenvalue weighted by Crippen LogP contribution is 2.33. The van der Waals surface area contributed by atoms with Crippen molar-refractivity contribution in [3.8, 4) is 5.75 Å². The van der Waals surface area contributed by atoms with Crippen LogP contribution in [0, 0.1) is 0 Å². The van der Waals surface area contributed by atoms with Gasteiger partial charge in [0.05, 0.1) is 7.11 Å².